The Labute approximate surface area is 149 Å². The molecular formula is C14H18N4O3S3. The molecule has 1 aromatic heterocycles. The van der Waals surface area contributed by atoms with E-state index in [1.54, 1.807) is 0 Å². The molecule has 1 aromatic carbocycles. The second-order valence-electron chi connectivity index (χ2n) is 4.87. The molecule has 0 bridgehead atoms. The molecule has 2 aromatic rings. The van der Waals surface area contributed by atoms with Crippen LogP contribution < -0.4 is 5.32 Å². The molecule has 0 aliphatic carbocycles. The summed E-state index contributed by atoms with van der Waals surface area (Å²) in [4.78, 5) is 12.1. The molecule has 1 amide bonds. The molecular weight excluding hydrogens is 368 g/mol. The van der Waals surface area contributed by atoms with Gasteiger partial charge in [-0.05, 0) is 11.3 Å². The van der Waals surface area contributed by atoms with E-state index >= 15 is 0 Å². The average Bonchev–Trinajstić information content (AvgIpc) is 2.94. The molecule has 1 N–H and O–H groups in total. The maximum absolute atomic E-state index is 12.1. The van der Waals surface area contributed by atoms with Gasteiger partial charge in [-0.25, -0.2) is 8.42 Å². The van der Waals surface area contributed by atoms with E-state index in [0.717, 1.165) is 26.2 Å². The van der Waals surface area contributed by atoms with Gasteiger partial charge in [0.25, 0.3) is 0 Å². The number of sulfonamides is 1. The summed E-state index contributed by atoms with van der Waals surface area (Å²) >= 11 is 2.80. The van der Waals surface area contributed by atoms with E-state index in [2.05, 4.69) is 15.5 Å². The SMILES string of the molecule is CCSc1nnc(NC(=O)CN(Cc2ccccc2)S(C)(=O)=O)s1. The van der Waals surface area contributed by atoms with Crippen LogP contribution in [0.25, 0.3) is 0 Å². The molecule has 0 aliphatic rings. The van der Waals surface area contributed by atoms with Crippen molar-refractivity contribution in [2.45, 2.75) is 17.8 Å². The Morgan fingerprint density at radius 2 is 2.00 bits per heavy atom. The van der Waals surface area contributed by atoms with Gasteiger partial charge < -0.3 is 0 Å². The number of hydrogen-bond donors (Lipinski definition) is 1. The fourth-order valence-corrected chi connectivity index (χ4v) is 4.24. The maximum Gasteiger partial charge on any atom is 0.241 e. The average molecular weight is 387 g/mol. The third kappa shape index (κ3) is 5.86. The molecule has 0 radical (unpaired) electrons. The van der Waals surface area contributed by atoms with E-state index in [-0.39, 0.29) is 13.1 Å². The number of thioether (sulfide) groups is 1. The zero-order chi connectivity index (χ0) is 17.6. The molecule has 0 aliphatic heterocycles. The molecule has 0 spiro atoms. The number of nitrogens with one attached hydrogen (secondary N) is 1. The normalized spacial score (nSPS) is 11.6. The third-order valence-electron chi connectivity index (χ3n) is 2.91. The van der Waals surface area contributed by atoms with E-state index in [9.17, 15) is 13.2 Å². The van der Waals surface area contributed by atoms with Crippen LogP contribution in [0.2, 0.25) is 0 Å². The van der Waals surface area contributed by atoms with Gasteiger partial charge in [0.2, 0.25) is 21.1 Å². The first kappa shape index (κ1) is 18.8. The molecule has 1 heterocycles. The number of rotatable bonds is 8. The zero-order valence-electron chi connectivity index (χ0n) is 13.3. The van der Waals surface area contributed by atoms with Crippen molar-refractivity contribution >= 4 is 44.2 Å². The summed E-state index contributed by atoms with van der Waals surface area (Å²) in [7, 11) is -3.52. The maximum atomic E-state index is 12.1. The van der Waals surface area contributed by atoms with Crippen LogP contribution in [0.5, 0.6) is 0 Å². The lowest BCUT2D eigenvalue weighted by Crippen LogP contribution is -2.36. The third-order valence-corrected chi connectivity index (χ3v) is 5.96. The van der Waals surface area contributed by atoms with E-state index in [1.165, 1.54) is 23.1 Å². The topological polar surface area (TPSA) is 92.3 Å². The van der Waals surface area contributed by atoms with Gasteiger partial charge in [-0.2, -0.15) is 4.31 Å². The molecule has 7 nitrogen and oxygen atoms in total. The van der Waals surface area contributed by atoms with Crippen LogP contribution in [0.4, 0.5) is 5.13 Å². The Balaban J connectivity index is 2.01. The largest absolute Gasteiger partial charge is 0.299 e. The summed E-state index contributed by atoms with van der Waals surface area (Å²) in [5.41, 5.74) is 0.813. The Morgan fingerprint density at radius 3 is 2.62 bits per heavy atom. The molecule has 0 saturated carbocycles. The minimum Gasteiger partial charge on any atom is -0.299 e. The van der Waals surface area contributed by atoms with Crippen molar-refractivity contribution in [2.24, 2.45) is 0 Å². The van der Waals surface area contributed by atoms with Gasteiger partial charge >= 0.3 is 0 Å². The highest BCUT2D eigenvalue weighted by Gasteiger charge is 2.21. The Morgan fingerprint density at radius 1 is 1.29 bits per heavy atom. The fourth-order valence-electron chi connectivity index (χ4n) is 1.84. The predicted octanol–water partition coefficient (Wildman–Crippen LogP) is 2.05. The lowest BCUT2D eigenvalue weighted by atomic mass is 10.2. The Kier molecular flexibility index (Phi) is 6.72. The Hall–Kier alpha value is -1.49. The first-order valence-corrected chi connectivity index (χ1v) is 10.8. The van der Waals surface area contributed by atoms with Gasteiger partial charge in [-0.1, -0.05) is 60.4 Å². The van der Waals surface area contributed by atoms with Gasteiger partial charge in [0.1, 0.15) is 0 Å². The molecule has 0 atom stereocenters. The quantitative estimate of drug-likeness (QED) is 0.551. The van der Waals surface area contributed by atoms with Gasteiger partial charge in [-0.15, -0.1) is 10.2 Å². The highest BCUT2D eigenvalue weighted by molar-refractivity contribution is 8.01. The van der Waals surface area contributed by atoms with Crippen molar-refractivity contribution in [2.75, 3.05) is 23.9 Å². The first-order chi connectivity index (χ1) is 11.4. The standard InChI is InChI=1S/C14H18N4O3S3/c1-3-22-14-17-16-13(23-14)15-12(19)10-18(24(2,20)21)9-11-7-5-4-6-8-11/h4-8H,3,9-10H2,1-2H3,(H,15,16,19). The molecule has 130 valence electrons. The number of carbonyl (C=O) groups is 1. The molecule has 0 unspecified atom stereocenters. The zero-order valence-corrected chi connectivity index (χ0v) is 15.7. The van der Waals surface area contributed by atoms with Gasteiger partial charge in [-0.3, -0.25) is 10.1 Å². The number of benzene rings is 1. The van der Waals surface area contributed by atoms with Gasteiger partial charge in [0.15, 0.2) is 4.34 Å². The van der Waals surface area contributed by atoms with Crippen LogP contribution in [0.1, 0.15) is 12.5 Å². The second kappa shape index (κ2) is 8.56. The minimum absolute atomic E-state index is 0.139. The molecule has 2 rings (SSSR count). The van der Waals surface area contributed by atoms with Crippen molar-refractivity contribution < 1.29 is 13.2 Å². The Bertz CT molecular complexity index is 778. The van der Waals surface area contributed by atoms with Crippen LogP contribution >= 0.6 is 23.1 Å². The summed E-state index contributed by atoms with van der Waals surface area (Å²) in [6.45, 7) is 1.86. The number of anilines is 1. The summed E-state index contributed by atoms with van der Waals surface area (Å²) in [6, 6.07) is 9.13. The molecule has 24 heavy (non-hydrogen) atoms. The lowest BCUT2D eigenvalue weighted by Gasteiger charge is -2.19. The fraction of sp³-hybridized carbons (Fsp3) is 0.357. The van der Waals surface area contributed by atoms with Gasteiger partial charge in [0.05, 0.1) is 12.8 Å². The molecule has 10 heteroatoms. The molecule has 0 fully saturated rings. The summed E-state index contributed by atoms with van der Waals surface area (Å²) in [5.74, 6) is 0.419. The highest BCUT2D eigenvalue weighted by Crippen LogP contribution is 2.24. The number of amides is 1. The number of aromatic nitrogens is 2. The van der Waals surface area contributed by atoms with Crippen LogP contribution in [0.3, 0.4) is 0 Å². The van der Waals surface area contributed by atoms with Crippen molar-refractivity contribution in [1.82, 2.24) is 14.5 Å². The van der Waals surface area contributed by atoms with Crippen LogP contribution in [0.15, 0.2) is 34.7 Å². The first-order valence-electron chi connectivity index (χ1n) is 7.13. The van der Waals surface area contributed by atoms with E-state index in [4.69, 9.17) is 0 Å². The van der Waals surface area contributed by atoms with Crippen molar-refractivity contribution in [3.8, 4) is 0 Å². The van der Waals surface area contributed by atoms with Crippen molar-refractivity contribution in [3.63, 3.8) is 0 Å². The van der Waals surface area contributed by atoms with E-state index in [1.807, 2.05) is 37.3 Å². The summed E-state index contributed by atoms with van der Waals surface area (Å²) < 4.78 is 25.7. The van der Waals surface area contributed by atoms with Gasteiger partial charge in [0, 0.05) is 6.54 Å². The smallest absolute Gasteiger partial charge is 0.241 e. The highest BCUT2D eigenvalue weighted by atomic mass is 32.2. The van der Waals surface area contributed by atoms with E-state index < -0.39 is 15.9 Å². The summed E-state index contributed by atoms with van der Waals surface area (Å²) in [5, 5.41) is 10.8. The van der Waals surface area contributed by atoms with Crippen LogP contribution in [-0.2, 0) is 21.4 Å². The monoisotopic (exact) mass is 386 g/mol. The van der Waals surface area contributed by atoms with E-state index in [0.29, 0.717) is 5.13 Å². The lowest BCUT2D eigenvalue weighted by molar-refractivity contribution is -0.116. The number of nitrogens with zero attached hydrogens (tertiary/aromatic N) is 3. The van der Waals surface area contributed by atoms with Crippen molar-refractivity contribution in [3.05, 3.63) is 35.9 Å². The minimum atomic E-state index is -3.52. The predicted molar refractivity (Wildman–Crippen MR) is 96.6 cm³/mol. The van der Waals surface area contributed by atoms with Crippen LogP contribution in [0, 0.1) is 0 Å². The second-order valence-corrected chi connectivity index (χ2v) is 9.34. The number of hydrogen-bond acceptors (Lipinski definition) is 7. The van der Waals surface area contributed by atoms with Crippen LogP contribution in [-0.4, -0.2) is 47.4 Å². The summed E-state index contributed by atoms with van der Waals surface area (Å²) in [6.07, 6.45) is 1.09. The molecule has 0 saturated heterocycles. The number of carbonyl (C=O) groups excluding carboxylic acids is 1. The van der Waals surface area contributed by atoms with Crippen molar-refractivity contribution in [1.29, 1.82) is 0 Å².